The van der Waals surface area contributed by atoms with E-state index < -0.39 is 0 Å². The molecule has 5 nitrogen and oxygen atoms in total. The molecule has 2 fully saturated rings. The lowest BCUT2D eigenvalue weighted by Gasteiger charge is -2.35. The maximum atomic E-state index is 12.2. The van der Waals surface area contributed by atoms with Crippen molar-refractivity contribution in [3.05, 3.63) is 30.3 Å². The minimum absolute atomic E-state index is 0.0766. The number of nitrogens with zero attached hydrogens (tertiary/aromatic N) is 2. The van der Waals surface area contributed by atoms with Crippen molar-refractivity contribution in [1.29, 1.82) is 0 Å². The summed E-state index contributed by atoms with van der Waals surface area (Å²) in [5.74, 6) is 1.49. The van der Waals surface area contributed by atoms with Crippen LogP contribution in [-0.4, -0.2) is 68.3 Å². The zero-order valence-electron chi connectivity index (χ0n) is 12.9. The van der Waals surface area contributed by atoms with E-state index in [1.807, 2.05) is 35.2 Å². The predicted molar refractivity (Wildman–Crippen MR) is 83.9 cm³/mol. The van der Waals surface area contributed by atoms with Gasteiger partial charge in [-0.3, -0.25) is 9.69 Å². The summed E-state index contributed by atoms with van der Waals surface area (Å²) < 4.78 is 11.0. The average Bonchev–Trinajstić information content (AvgIpc) is 3.07. The third kappa shape index (κ3) is 4.21. The van der Waals surface area contributed by atoms with Gasteiger partial charge in [0.2, 0.25) is 0 Å². The molecule has 2 aliphatic rings. The van der Waals surface area contributed by atoms with E-state index in [9.17, 15) is 4.79 Å². The Hall–Kier alpha value is -1.59. The molecule has 2 heterocycles. The maximum absolute atomic E-state index is 12.2. The molecule has 0 spiro atoms. The maximum Gasteiger partial charge on any atom is 0.260 e. The Balaban J connectivity index is 1.38. The molecule has 0 aliphatic carbocycles. The zero-order chi connectivity index (χ0) is 15.2. The molecule has 1 amide bonds. The lowest BCUT2D eigenvalue weighted by molar-refractivity contribution is -0.135. The third-order valence-corrected chi connectivity index (χ3v) is 4.37. The monoisotopic (exact) mass is 304 g/mol. The van der Waals surface area contributed by atoms with Crippen molar-refractivity contribution in [2.45, 2.75) is 6.42 Å². The number of hydrogen-bond donors (Lipinski definition) is 0. The van der Waals surface area contributed by atoms with E-state index >= 15 is 0 Å². The molecule has 0 N–H and O–H groups in total. The molecular formula is C17H24N2O3. The Morgan fingerprint density at radius 3 is 2.64 bits per heavy atom. The minimum Gasteiger partial charge on any atom is -0.484 e. The lowest BCUT2D eigenvalue weighted by Crippen LogP contribution is -2.50. The van der Waals surface area contributed by atoms with Crippen LogP contribution < -0.4 is 4.74 Å². The van der Waals surface area contributed by atoms with Crippen LogP contribution in [0.15, 0.2) is 30.3 Å². The van der Waals surface area contributed by atoms with Gasteiger partial charge in [-0.1, -0.05) is 18.2 Å². The van der Waals surface area contributed by atoms with Crippen LogP contribution in [0.2, 0.25) is 0 Å². The van der Waals surface area contributed by atoms with Crippen molar-refractivity contribution >= 4 is 5.91 Å². The first kappa shape index (κ1) is 15.3. The third-order valence-electron chi connectivity index (χ3n) is 4.37. The van der Waals surface area contributed by atoms with Gasteiger partial charge >= 0.3 is 0 Å². The summed E-state index contributed by atoms with van der Waals surface area (Å²) in [6.45, 7) is 6.52. The largest absolute Gasteiger partial charge is 0.484 e. The molecule has 0 bridgehead atoms. The van der Waals surface area contributed by atoms with Gasteiger partial charge in [-0.05, 0) is 24.5 Å². The van der Waals surface area contributed by atoms with Gasteiger partial charge in [-0.2, -0.15) is 0 Å². The number of benzene rings is 1. The van der Waals surface area contributed by atoms with Gasteiger partial charge in [0, 0.05) is 39.3 Å². The van der Waals surface area contributed by atoms with Gasteiger partial charge in [-0.25, -0.2) is 0 Å². The summed E-state index contributed by atoms with van der Waals surface area (Å²) >= 11 is 0. The van der Waals surface area contributed by atoms with E-state index in [1.165, 1.54) is 6.42 Å². The van der Waals surface area contributed by atoms with Gasteiger partial charge < -0.3 is 14.4 Å². The molecular weight excluding hydrogens is 280 g/mol. The standard InChI is InChI=1S/C17H24N2O3/c20-17(14-22-16-4-2-1-3-5-16)19-9-7-18(8-10-19)12-15-6-11-21-13-15/h1-5,15H,6-14H2/t15-/m0/s1. The minimum atomic E-state index is 0.0766. The number of amides is 1. The molecule has 2 saturated heterocycles. The van der Waals surface area contributed by atoms with Crippen molar-refractivity contribution < 1.29 is 14.3 Å². The lowest BCUT2D eigenvalue weighted by atomic mass is 10.1. The van der Waals surface area contributed by atoms with Gasteiger partial charge in [0.15, 0.2) is 6.61 Å². The Kier molecular flexibility index (Phi) is 5.29. The summed E-state index contributed by atoms with van der Waals surface area (Å²) in [5, 5.41) is 0. The molecule has 3 rings (SSSR count). The second-order valence-corrected chi connectivity index (χ2v) is 6.01. The van der Waals surface area contributed by atoms with Crippen LogP contribution in [0.25, 0.3) is 0 Å². The van der Waals surface area contributed by atoms with Crippen LogP contribution >= 0.6 is 0 Å². The van der Waals surface area contributed by atoms with Crippen molar-refractivity contribution in [2.24, 2.45) is 5.92 Å². The fourth-order valence-corrected chi connectivity index (χ4v) is 3.03. The molecule has 22 heavy (non-hydrogen) atoms. The normalized spacial score (nSPS) is 22.7. The highest BCUT2D eigenvalue weighted by Gasteiger charge is 2.24. The molecule has 5 heteroatoms. The van der Waals surface area contributed by atoms with Gasteiger partial charge in [0.05, 0.1) is 6.61 Å². The number of carbonyl (C=O) groups excluding carboxylic acids is 1. The second-order valence-electron chi connectivity index (χ2n) is 6.01. The highest BCUT2D eigenvalue weighted by molar-refractivity contribution is 5.77. The fraction of sp³-hybridized carbons (Fsp3) is 0.588. The molecule has 120 valence electrons. The number of carbonyl (C=O) groups is 1. The van der Waals surface area contributed by atoms with Crippen LogP contribution in [0, 0.1) is 5.92 Å². The molecule has 1 aromatic carbocycles. The van der Waals surface area contributed by atoms with E-state index in [-0.39, 0.29) is 12.5 Å². The van der Waals surface area contributed by atoms with E-state index in [1.54, 1.807) is 0 Å². The number of piperazine rings is 1. The Bertz CT molecular complexity index is 466. The Labute approximate surface area is 131 Å². The van der Waals surface area contributed by atoms with E-state index in [0.29, 0.717) is 5.92 Å². The summed E-state index contributed by atoms with van der Waals surface area (Å²) in [6, 6.07) is 9.49. The summed E-state index contributed by atoms with van der Waals surface area (Å²) in [6.07, 6.45) is 1.17. The van der Waals surface area contributed by atoms with Gasteiger partial charge in [0.25, 0.3) is 5.91 Å². The van der Waals surface area contributed by atoms with E-state index in [2.05, 4.69) is 4.90 Å². The Morgan fingerprint density at radius 2 is 1.95 bits per heavy atom. The van der Waals surface area contributed by atoms with E-state index in [0.717, 1.165) is 51.7 Å². The highest BCUT2D eigenvalue weighted by atomic mass is 16.5. The second kappa shape index (κ2) is 7.61. The highest BCUT2D eigenvalue weighted by Crippen LogP contribution is 2.15. The summed E-state index contributed by atoms with van der Waals surface area (Å²) in [4.78, 5) is 16.5. The quantitative estimate of drug-likeness (QED) is 0.821. The molecule has 1 aromatic rings. The van der Waals surface area contributed by atoms with Gasteiger partial charge in [0.1, 0.15) is 5.75 Å². The fourth-order valence-electron chi connectivity index (χ4n) is 3.03. The topological polar surface area (TPSA) is 42.0 Å². The van der Waals surface area contributed by atoms with Crippen LogP contribution in [0.3, 0.4) is 0 Å². The molecule has 0 aromatic heterocycles. The molecule has 0 radical (unpaired) electrons. The molecule has 1 atom stereocenters. The van der Waals surface area contributed by atoms with Crippen molar-refractivity contribution in [3.63, 3.8) is 0 Å². The zero-order valence-corrected chi connectivity index (χ0v) is 12.9. The molecule has 0 unspecified atom stereocenters. The number of rotatable bonds is 5. The van der Waals surface area contributed by atoms with Crippen LogP contribution in [0.1, 0.15) is 6.42 Å². The predicted octanol–water partition coefficient (Wildman–Crippen LogP) is 1.25. The Morgan fingerprint density at radius 1 is 1.18 bits per heavy atom. The van der Waals surface area contributed by atoms with Crippen molar-refractivity contribution in [3.8, 4) is 5.75 Å². The number of para-hydroxylation sites is 1. The molecule has 0 saturated carbocycles. The number of ether oxygens (including phenoxy) is 2. The SMILES string of the molecule is O=C(COc1ccccc1)N1CCN(C[C@@H]2CCOC2)CC1. The first-order chi connectivity index (χ1) is 10.8. The van der Waals surface area contributed by atoms with Gasteiger partial charge in [-0.15, -0.1) is 0 Å². The summed E-state index contributed by atoms with van der Waals surface area (Å²) in [7, 11) is 0. The number of hydrogen-bond acceptors (Lipinski definition) is 4. The van der Waals surface area contributed by atoms with Crippen LogP contribution in [0.5, 0.6) is 5.75 Å². The summed E-state index contributed by atoms with van der Waals surface area (Å²) in [5.41, 5.74) is 0. The first-order valence-corrected chi connectivity index (χ1v) is 8.07. The van der Waals surface area contributed by atoms with Crippen LogP contribution in [0.4, 0.5) is 0 Å². The van der Waals surface area contributed by atoms with Crippen molar-refractivity contribution in [1.82, 2.24) is 9.80 Å². The van der Waals surface area contributed by atoms with E-state index in [4.69, 9.17) is 9.47 Å². The van der Waals surface area contributed by atoms with Crippen LogP contribution in [-0.2, 0) is 9.53 Å². The first-order valence-electron chi connectivity index (χ1n) is 8.07. The van der Waals surface area contributed by atoms with Crippen molar-refractivity contribution in [2.75, 3.05) is 52.5 Å². The average molecular weight is 304 g/mol. The smallest absolute Gasteiger partial charge is 0.260 e. The molecule has 2 aliphatic heterocycles.